The zero-order chi connectivity index (χ0) is 15.0. The van der Waals surface area contributed by atoms with Crippen molar-refractivity contribution < 1.29 is 14.6 Å². The topological polar surface area (TPSA) is 114 Å². The summed E-state index contributed by atoms with van der Waals surface area (Å²) in [5.41, 5.74) is 1.38. The van der Waals surface area contributed by atoms with Crippen molar-refractivity contribution in [1.29, 1.82) is 0 Å². The first-order valence-corrected chi connectivity index (χ1v) is 6.55. The van der Waals surface area contributed by atoms with Crippen LogP contribution >= 0.6 is 0 Å². The average Bonchev–Trinajstić information content (AvgIpc) is 3.07. The summed E-state index contributed by atoms with van der Waals surface area (Å²) in [6, 6.07) is 4.34. The number of nitrogens with one attached hydrogen (secondary N) is 1. The first-order valence-electron chi connectivity index (χ1n) is 6.55. The highest BCUT2D eigenvalue weighted by Crippen LogP contribution is 2.28. The van der Waals surface area contributed by atoms with Crippen LogP contribution in [0.4, 0.5) is 5.69 Å². The molecule has 0 unspecified atom stereocenters. The molecule has 1 saturated heterocycles. The Morgan fingerprint density at radius 2 is 2.33 bits per heavy atom. The van der Waals surface area contributed by atoms with E-state index in [0.29, 0.717) is 30.2 Å². The quantitative estimate of drug-likeness (QED) is 0.647. The fourth-order valence-corrected chi connectivity index (χ4v) is 2.36. The molecule has 2 heterocycles. The molecule has 8 heteroatoms. The van der Waals surface area contributed by atoms with Crippen molar-refractivity contribution in [3.05, 3.63) is 39.8 Å². The molecular formula is C13H14N4O4. The Labute approximate surface area is 119 Å². The molecule has 0 bridgehead atoms. The number of benzene rings is 1. The molecule has 2 atom stereocenters. The van der Waals surface area contributed by atoms with Gasteiger partial charge in [0.25, 0.3) is 5.69 Å². The lowest BCUT2D eigenvalue weighted by Crippen LogP contribution is -2.15. The van der Waals surface area contributed by atoms with E-state index in [1.807, 2.05) is 6.92 Å². The van der Waals surface area contributed by atoms with E-state index in [4.69, 9.17) is 4.52 Å². The third-order valence-electron chi connectivity index (χ3n) is 3.52. The van der Waals surface area contributed by atoms with E-state index in [2.05, 4.69) is 15.5 Å². The minimum absolute atomic E-state index is 0.0173. The Kier molecular flexibility index (Phi) is 3.40. The van der Waals surface area contributed by atoms with Gasteiger partial charge in [0.2, 0.25) is 11.7 Å². The second-order valence-electron chi connectivity index (χ2n) is 5.06. The summed E-state index contributed by atoms with van der Waals surface area (Å²) in [6.45, 7) is 2.31. The fourth-order valence-electron chi connectivity index (χ4n) is 2.36. The summed E-state index contributed by atoms with van der Waals surface area (Å²) in [6.07, 6.45) is 0.0835. The second kappa shape index (κ2) is 5.23. The van der Waals surface area contributed by atoms with Gasteiger partial charge in [0.1, 0.15) is 0 Å². The van der Waals surface area contributed by atoms with E-state index in [9.17, 15) is 15.2 Å². The molecule has 0 spiro atoms. The molecule has 21 heavy (non-hydrogen) atoms. The first kappa shape index (κ1) is 13.7. The number of non-ortho nitro benzene ring substituents is 1. The van der Waals surface area contributed by atoms with Crippen molar-refractivity contribution in [3.8, 4) is 11.4 Å². The molecule has 1 aliphatic heterocycles. The number of nitro groups is 1. The molecular weight excluding hydrogens is 276 g/mol. The van der Waals surface area contributed by atoms with Gasteiger partial charge in [-0.15, -0.1) is 0 Å². The van der Waals surface area contributed by atoms with E-state index in [0.717, 1.165) is 5.56 Å². The van der Waals surface area contributed by atoms with Crippen LogP contribution in [0.5, 0.6) is 0 Å². The Hall–Kier alpha value is -2.32. The molecule has 1 aromatic heterocycles. The SMILES string of the molecule is Cc1ccc([N+](=O)[O-])cc1-c1noc([C@@H]2C[C@@H](O)CN2)n1. The lowest BCUT2D eigenvalue weighted by atomic mass is 10.1. The van der Waals surface area contributed by atoms with Crippen molar-refractivity contribution in [2.24, 2.45) is 0 Å². The van der Waals surface area contributed by atoms with Crippen LogP contribution in [0.1, 0.15) is 23.9 Å². The zero-order valence-electron chi connectivity index (χ0n) is 11.3. The number of β-amino-alcohol motifs (C(OH)–C–C–N with tert-alkyl or cyclic N) is 1. The molecule has 2 N–H and O–H groups in total. The Morgan fingerprint density at radius 1 is 1.52 bits per heavy atom. The second-order valence-corrected chi connectivity index (χ2v) is 5.06. The van der Waals surface area contributed by atoms with E-state index >= 15 is 0 Å². The van der Waals surface area contributed by atoms with Crippen LogP contribution in [-0.4, -0.2) is 32.8 Å². The normalized spacial score (nSPS) is 21.6. The van der Waals surface area contributed by atoms with E-state index < -0.39 is 11.0 Å². The molecule has 3 rings (SSSR count). The smallest absolute Gasteiger partial charge is 0.270 e. The van der Waals surface area contributed by atoms with Crippen LogP contribution in [-0.2, 0) is 0 Å². The third-order valence-corrected chi connectivity index (χ3v) is 3.52. The predicted octanol–water partition coefficient (Wildman–Crippen LogP) is 1.35. The lowest BCUT2D eigenvalue weighted by molar-refractivity contribution is -0.384. The van der Waals surface area contributed by atoms with Gasteiger partial charge in [-0.2, -0.15) is 4.98 Å². The van der Waals surface area contributed by atoms with Crippen LogP contribution in [0.15, 0.2) is 22.7 Å². The Balaban J connectivity index is 1.92. The van der Waals surface area contributed by atoms with Crippen molar-refractivity contribution in [1.82, 2.24) is 15.5 Å². The largest absolute Gasteiger partial charge is 0.392 e. The predicted molar refractivity (Wildman–Crippen MR) is 72.5 cm³/mol. The van der Waals surface area contributed by atoms with Gasteiger partial charge in [-0.25, -0.2) is 0 Å². The molecule has 1 aromatic carbocycles. The van der Waals surface area contributed by atoms with E-state index in [1.54, 1.807) is 6.07 Å². The zero-order valence-corrected chi connectivity index (χ0v) is 11.3. The van der Waals surface area contributed by atoms with Gasteiger partial charge in [-0.1, -0.05) is 11.2 Å². The van der Waals surface area contributed by atoms with E-state index in [1.165, 1.54) is 12.1 Å². The molecule has 2 aromatic rings. The standard InChI is InChI=1S/C13H14N4O4/c1-7-2-3-8(17(19)20)4-10(7)12-15-13(21-16-12)11-5-9(18)6-14-11/h2-4,9,11,14,18H,5-6H2,1H3/t9-,11+/m1/s1. The van der Waals surface area contributed by atoms with Crippen LogP contribution in [0.3, 0.4) is 0 Å². The van der Waals surface area contributed by atoms with Gasteiger partial charge >= 0.3 is 0 Å². The molecule has 0 aliphatic carbocycles. The molecule has 0 radical (unpaired) electrons. The first-order chi connectivity index (χ1) is 10.0. The highest BCUT2D eigenvalue weighted by molar-refractivity contribution is 5.63. The lowest BCUT2D eigenvalue weighted by Gasteiger charge is -2.02. The highest BCUT2D eigenvalue weighted by atomic mass is 16.6. The summed E-state index contributed by atoms with van der Waals surface area (Å²) in [4.78, 5) is 14.7. The van der Waals surface area contributed by atoms with Crippen LogP contribution in [0.25, 0.3) is 11.4 Å². The van der Waals surface area contributed by atoms with Crippen molar-refractivity contribution in [2.45, 2.75) is 25.5 Å². The van der Waals surface area contributed by atoms with Crippen molar-refractivity contribution in [3.63, 3.8) is 0 Å². The van der Waals surface area contributed by atoms with Gasteiger partial charge < -0.3 is 14.9 Å². The minimum Gasteiger partial charge on any atom is -0.392 e. The number of aliphatic hydroxyl groups is 1. The number of nitro benzene ring substituents is 1. The van der Waals surface area contributed by atoms with E-state index in [-0.39, 0.29) is 11.7 Å². The number of rotatable bonds is 3. The summed E-state index contributed by atoms with van der Waals surface area (Å²) >= 11 is 0. The molecule has 0 saturated carbocycles. The van der Waals surface area contributed by atoms with Crippen LogP contribution < -0.4 is 5.32 Å². The highest BCUT2D eigenvalue weighted by Gasteiger charge is 2.28. The summed E-state index contributed by atoms with van der Waals surface area (Å²) in [5.74, 6) is 0.696. The molecule has 1 aliphatic rings. The molecule has 110 valence electrons. The third kappa shape index (κ3) is 2.63. The fraction of sp³-hybridized carbons (Fsp3) is 0.385. The van der Waals surface area contributed by atoms with Gasteiger partial charge in [0.05, 0.1) is 17.1 Å². The number of aryl methyl sites for hydroxylation is 1. The minimum atomic E-state index is -0.460. The number of aliphatic hydroxyl groups excluding tert-OH is 1. The molecule has 0 amide bonds. The Morgan fingerprint density at radius 3 is 3.00 bits per heavy atom. The van der Waals surface area contributed by atoms with Gasteiger partial charge in [-0.05, 0) is 18.9 Å². The maximum atomic E-state index is 10.8. The van der Waals surface area contributed by atoms with Gasteiger partial charge in [0.15, 0.2) is 0 Å². The number of hydrogen-bond donors (Lipinski definition) is 2. The summed E-state index contributed by atoms with van der Waals surface area (Å²) in [7, 11) is 0. The maximum Gasteiger partial charge on any atom is 0.270 e. The monoisotopic (exact) mass is 290 g/mol. The Bertz CT molecular complexity index is 685. The van der Waals surface area contributed by atoms with Crippen LogP contribution in [0.2, 0.25) is 0 Å². The maximum absolute atomic E-state index is 10.8. The average molecular weight is 290 g/mol. The van der Waals surface area contributed by atoms with Crippen molar-refractivity contribution in [2.75, 3.05) is 6.54 Å². The number of hydrogen-bond acceptors (Lipinski definition) is 7. The van der Waals surface area contributed by atoms with Gasteiger partial charge in [-0.3, -0.25) is 10.1 Å². The van der Waals surface area contributed by atoms with Gasteiger partial charge in [0, 0.05) is 24.2 Å². The van der Waals surface area contributed by atoms with Crippen molar-refractivity contribution >= 4 is 5.69 Å². The molecule has 8 nitrogen and oxygen atoms in total. The number of aromatic nitrogens is 2. The summed E-state index contributed by atoms with van der Waals surface area (Å²) in [5, 5.41) is 27.3. The van der Waals surface area contributed by atoms with Crippen LogP contribution in [0, 0.1) is 17.0 Å². The molecule has 1 fully saturated rings. The number of nitrogens with zero attached hydrogens (tertiary/aromatic N) is 3. The summed E-state index contributed by atoms with van der Waals surface area (Å²) < 4.78 is 5.20.